The maximum absolute atomic E-state index is 13.0. The number of hydrogen-bond acceptors (Lipinski definition) is 8. The molecule has 2 heterocycles. The average Bonchev–Trinajstić information content (AvgIpc) is 3.21. The number of hydroxylamine groups is 2. The molecular weight excluding hydrogens is 598 g/mol. The number of fused-ring (bicyclic) bond motifs is 1. The van der Waals surface area contributed by atoms with Crippen LogP contribution >= 0.6 is 0 Å². The SMILES string of the molecule is O=C1c2cccc3c(-n4cc(OS(=O)(=O)C(F)(F)F)c5ccccc54)ccc(c23)C(=O)N1OS(=O)(=O)C(F)(F)F. The molecule has 0 unspecified atom stereocenters. The molecule has 0 N–H and O–H groups in total. The zero-order chi connectivity index (χ0) is 29.4. The van der Waals surface area contributed by atoms with E-state index in [1.807, 2.05) is 0 Å². The number of alkyl halides is 6. The number of carbonyl (C=O) groups is 2. The lowest BCUT2D eigenvalue weighted by Gasteiger charge is -2.26. The smallest absolute Gasteiger partial charge is 0.374 e. The molecule has 10 nitrogen and oxygen atoms in total. The Morgan fingerprint density at radius 3 is 1.88 bits per heavy atom. The molecule has 0 saturated heterocycles. The van der Waals surface area contributed by atoms with E-state index in [9.17, 15) is 52.8 Å². The quantitative estimate of drug-likeness (QED) is 0.141. The van der Waals surface area contributed by atoms with Gasteiger partial charge in [-0.05, 0) is 30.3 Å². The van der Waals surface area contributed by atoms with Crippen LogP contribution in [0.1, 0.15) is 20.7 Å². The number of aromatic nitrogens is 1. The van der Waals surface area contributed by atoms with Gasteiger partial charge in [0, 0.05) is 16.2 Å². The van der Waals surface area contributed by atoms with Gasteiger partial charge in [0.15, 0.2) is 5.75 Å². The van der Waals surface area contributed by atoms with Crippen molar-refractivity contribution in [3.05, 3.63) is 71.9 Å². The molecule has 18 heteroatoms. The lowest BCUT2D eigenvalue weighted by atomic mass is 9.94. The van der Waals surface area contributed by atoms with Gasteiger partial charge in [-0.25, -0.2) is 0 Å². The fourth-order valence-corrected chi connectivity index (χ4v) is 4.94. The predicted molar refractivity (Wildman–Crippen MR) is 123 cm³/mol. The second-order valence-corrected chi connectivity index (χ2v) is 11.2. The molecule has 5 rings (SSSR count). The van der Waals surface area contributed by atoms with E-state index in [-0.39, 0.29) is 27.4 Å². The van der Waals surface area contributed by atoms with E-state index >= 15 is 0 Å². The third-order valence-corrected chi connectivity index (χ3v) is 7.60. The minimum absolute atomic E-state index is 0.0557. The fourth-order valence-electron chi connectivity index (χ4n) is 4.06. The first-order valence-electron chi connectivity index (χ1n) is 10.5. The van der Waals surface area contributed by atoms with Gasteiger partial charge >= 0.3 is 31.3 Å². The Morgan fingerprint density at radius 1 is 0.675 bits per heavy atom. The number of hydrogen-bond donors (Lipinski definition) is 0. The summed E-state index contributed by atoms with van der Waals surface area (Å²) in [4.78, 5) is 25.8. The molecule has 0 atom stereocenters. The van der Waals surface area contributed by atoms with Gasteiger partial charge in [-0.3, -0.25) is 9.59 Å². The Labute approximate surface area is 219 Å². The summed E-state index contributed by atoms with van der Waals surface area (Å²) in [6.45, 7) is 0. The first kappa shape index (κ1) is 27.4. The highest BCUT2D eigenvalue weighted by Crippen LogP contribution is 2.39. The summed E-state index contributed by atoms with van der Waals surface area (Å²) in [6.07, 6.45) is 0.926. The van der Waals surface area contributed by atoms with Crippen LogP contribution in [-0.4, -0.2) is 49.3 Å². The molecule has 3 aromatic carbocycles. The monoisotopic (exact) mass is 608 g/mol. The van der Waals surface area contributed by atoms with Crippen molar-refractivity contribution in [2.24, 2.45) is 0 Å². The van der Waals surface area contributed by atoms with Gasteiger partial charge in [0.05, 0.1) is 28.5 Å². The Kier molecular flexibility index (Phi) is 5.94. The zero-order valence-corrected chi connectivity index (χ0v) is 20.7. The summed E-state index contributed by atoms with van der Waals surface area (Å²) in [5, 5.41) is -0.665. The van der Waals surface area contributed by atoms with Gasteiger partial charge in [-0.1, -0.05) is 24.3 Å². The standard InChI is InChI=1S/C22H10F6N2O8S2/c23-21(24,25)39(33,34)37-17-10-29(15-7-2-1-4-11(15)17)16-9-8-14-18-12(16)5-3-6-13(18)19(31)30(20(14)32)38-40(35,36)22(26,27)28/h1-10H. The highest BCUT2D eigenvalue weighted by molar-refractivity contribution is 7.88. The van der Waals surface area contributed by atoms with E-state index in [2.05, 4.69) is 8.47 Å². The van der Waals surface area contributed by atoms with Gasteiger partial charge in [-0.15, -0.1) is 9.35 Å². The van der Waals surface area contributed by atoms with E-state index in [0.29, 0.717) is 0 Å². The number of amides is 2. The second-order valence-electron chi connectivity index (χ2n) is 8.10. The van der Waals surface area contributed by atoms with Crippen LogP contribution in [0.2, 0.25) is 0 Å². The van der Waals surface area contributed by atoms with E-state index in [4.69, 9.17) is 0 Å². The molecule has 1 aliphatic rings. The van der Waals surface area contributed by atoms with Gasteiger partial charge in [0.25, 0.3) is 11.8 Å². The predicted octanol–water partition coefficient (Wildman–Crippen LogP) is 4.39. The minimum Gasteiger partial charge on any atom is -0.374 e. The van der Waals surface area contributed by atoms with Crippen molar-refractivity contribution in [2.75, 3.05) is 0 Å². The molecule has 210 valence electrons. The molecule has 0 radical (unpaired) electrons. The second kappa shape index (κ2) is 8.67. The highest BCUT2D eigenvalue weighted by atomic mass is 32.2. The van der Waals surface area contributed by atoms with Crippen molar-refractivity contribution >= 4 is 53.7 Å². The molecule has 1 aromatic heterocycles. The van der Waals surface area contributed by atoms with Crippen molar-refractivity contribution in [1.82, 2.24) is 9.63 Å². The van der Waals surface area contributed by atoms with Crippen molar-refractivity contribution in [2.45, 2.75) is 11.0 Å². The Morgan fingerprint density at radius 2 is 1.25 bits per heavy atom. The average molecular weight is 608 g/mol. The minimum atomic E-state index is -6.40. The van der Waals surface area contributed by atoms with Crippen LogP contribution in [0.4, 0.5) is 26.3 Å². The summed E-state index contributed by atoms with van der Waals surface area (Å²) in [5.74, 6) is -3.77. The van der Waals surface area contributed by atoms with E-state index in [0.717, 1.165) is 18.3 Å². The Hall–Kier alpha value is -4.16. The number of nitrogens with zero attached hydrogens (tertiary/aromatic N) is 2. The molecule has 40 heavy (non-hydrogen) atoms. The van der Waals surface area contributed by atoms with Crippen LogP contribution in [-0.2, 0) is 24.5 Å². The van der Waals surface area contributed by atoms with Crippen molar-refractivity contribution in [3.8, 4) is 11.4 Å². The first-order valence-corrected chi connectivity index (χ1v) is 13.3. The van der Waals surface area contributed by atoms with Crippen LogP contribution in [0.25, 0.3) is 27.4 Å². The van der Waals surface area contributed by atoms with Gasteiger partial charge in [0.2, 0.25) is 0 Å². The first-order chi connectivity index (χ1) is 18.4. The van der Waals surface area contributed by atoms with Crippen molar-refractivity contribution in [3.63, 3.8) is 0 Å². The number of para-hydroxylation sites is 1. The Bertz CT molecular complexity index is 1940. The van der Waals surface area contributed by atoms with Crippen LogP contribution in [0.5, 0.6) is 5.75 Å². The van der Waals surface area contributed by atoms with Crippen LogP contribution in [0.3, 0.4) is 0 Å². The molecule has 4 aromatic rings. The van der Waals surface area contributed by atoms with Gasteiger partial charge in [-0.2, -0.15) is 43.2 Å². The molecule has 0 saturated carbocycles. The molecule has 0 bridgehead atoms. The van der Waals surface area contributed by atoms with Crippen molar-refractivity contribution in [1.29, 1.82) is 0 Å². The third-order valence-electron chi connectivity index (χ3n) is 5.72. The number of halogens is 6. The van der Waals surface area contributed by atoms with Gasteiger partial charge in [0.1, 0.15) is 0 Å². The third kappa shape index (κ3) is 4.14. The van der Waals surface area contributed by atoms with E-state index < -0.39 is 65.0 Å². The molecule has 1 aliphatic heterocycles. The Balaban J connectivity index is 1.69. The van der Waals surface area contributed by atoms with Crippen LogP contribution in [0.15, 0.2) is 60.8 Å². The topological polar surface area (TPSA) is 129 Å². The molecule has 2 amide bonds. The number of imide groups is 1. The summed E-state index contributed by atoms with van der Waals surface area (Å²) in [6, 6.07) is 11.5. The van der Waals surface area contributed by atoms with E-state index in [1.165, 1.54) is 47.0 Å². The number of rotatable bonds is 5. The zero-order valence-electron chi connectivity index (χ0n) is 19.0. The maximum atomic E-state index is 13.0. The molecule has 0 fully saturated rings. The lowest BCUT2D eigenvalue weighted by molar-refractivity contribution is -0.0761. The normalized spacial score (nSPS) is 14.8. The molecular formula is C22H10F6N2O8S2. The van der Waals surface area contributed by atoms with Gasteiger partial charge < -0.3 is 8.75 Å². The summed E-state index contributed by atoms with van der Waals surface area (Å²) >= 11 is 0. The highest BCUT2D eigenvalue weighted by Gasteiger charge is 2.52. The molecule has 0 spiro atoms. The maximum Gasteiger partial charge on any atom is 0.534 e. The largest absolute Gasteiger partial charge is 0.534 e. The lowest BCUT2D eigenvalue weighted by Crippen LogP contribution is -2.44. The fraction of sp³-hybridized carbons (Fsp3) is 0.0909. The van der Waals surface area contributed by atoms with Crippen molar-refractivity contribution < 1.29 is 61.2 Å². The number of benzene rings is 3. The summed E-state index contributed by atoms with van der Waals surface area (Å²) < 4.78 is 133. The molecule has 0 aliphatic carbocycles. The van der Waals surface area contributed by atoms with E-state index in [1.54, 1.807) is 0 Å². The summed E-state index contributed by atoms with van der Waals surface area (Å²) in [7, 11) is -12.5. The number of carbonyl (C=O) groups excluding carboxylic acids is 2. The summed E-state index contributed by atoms with van der Waals surface area (Å²) in [5.41, 5.74) is -12.3. The van der Waals surface area contributed by atoms with Crippen LogP contribution < -0.4 is 4.18 Å². The van der Waals surface area contributed by atoms with Crippen LogP contribution in [0, 0.1) is 0 Å².